The second-order valence-corrected chi connectivity index (χ2v) is 12.7. The molecule has 7 nitrogen and oxygen atoms in total. The zero-order valence-electron chi connectivity index (χ0n) is 22.9. The van der Waals surface area contributed by atoms with Crippen molar-refractivity contribution in [3.8, 4) is 0 Å². The van der Waals surface area contributed by atoms with E-state index in [1.54, 1.807) is 19.1 Å². The highest BCUT2D eigenvalue weighted by Gasteiger charge is 2.76. The van der Waals surface area contributed by atoms with E-state index in [9.17, 15) is 24.9 Å². The topological polar surface area (TPSA) is 109 Å². The number of esters is 1. The Hall–Kier alpha value is -2.74. The van der Waals surface area contributed by atoms with Crippen molar-refractivity contribution in [3.05, 3.63) is 58.8 Å². The highest BCUT2D eigenvalue weighted by Crippen LogP contribution is 2.71. The Labute approximate surface area is 222 Å². The molecule has 2 bridgehead atoms. The molecule has 1 aromatic carbocycles. The van der Waals surface area contributed by atoms with Gasteiger partial charge in [0.05, 0.1) is 17.6 Å². The van der Waals surface area contributed by atoms with Crippen LogP contribution in [0, 0.1) is 41.4 Å². The number of ether oxygens (including phenoxy) is 1. The number of carbonyl (C=O) groups excluding carboxylic acids is 2. The normalized spacial score (nSPS) is 39.0. The molecule has 1 spiro atoms. The lowest BCUT2D eigenvalue weighted by molar-refractivity contribution is -0.190. The summed E-state index contributed by atoms with van der Waals surface area (Å²) in [7, 11) is 1.88. The lowest BCUT2D eigenvalue weighted by Gasteiger charge is -2.48. The molecule has 2 unspecified atom stereocenters. The van der Waals surface area contributed by atoms with E-state index in [0.717, 1.165) is 16.6 Å². The first-order valence-corrected chi connectivity index (χ1v) is 13.5. The van der Waals surface area contributed by atoms with E-state index in [4.69, 9.17) is 4.74 Å². The SMILES string of the molecule is CC1=CC23C(=O)[C@@H](C=C(CO)[C@@H](O)[C@]2(O)[C@H]1OC(=O)c1c(C)n(C)c2ccccc12)[C@H]1[C@@H](CC3C)C1(C)C. The second-order valence-electron chi connectivity index (χ2n) is 12.7. The molecule has 0 saturated heterocycles. The molecule has 3 N–H and O–H groups in total. The van der Waals surface area contributed by atoms with Crippen molar-refractivity contribution < 1.29 is 29.6 Å². The van der Waals surface area contributed by atoms with Crippen LogP contribution in [0.15, 0.2) is 47.6 Å². The summed E-state index contributed by atoms with van der Waals surface area (Å²) in [6.07, 6.45) is 1.32. The largest absolute Gasteiger partial charge is 0.451 e. The predicted molar refractivity (Wildman–Crippen MR) is 142 cm³/mol. The number of aliphatic hydroxyl groups is 3. The first kappa shape index (κ1) is 25.5. The van der Waals surface area contributed by atoms with Gasteiger partial charge in [-0.3, -0.25) is 4.79 Å². The Morgan fingerprint density at radius 2 is 1.89 bits per heavy atom. The molecule has 0 amide bonds. The lowest BCUT2D eigenvalue weighted by Crippen LogP contribution is -2.65. The number of aliphatic hydroxyl groups excluding tert-OH is 2. The minimum atomic E-state index is -2.15. The Bertz CT molecular complexity index is 1450. The smallest absolute Gasteiger partial charge is 0.341 e. The Balaban J connectivity index is 1.48. The molecule has 4 aliphatic carbocycles. The van der Waals surface area contributed by atoms with E-state index in [0.29, 0.717) is 17.6 Å². The summed E-state index contributed by atoms with van der Waals surface area (Å²) >= 11 is 0. The molecular weight excluding hydrogens is 482 g/mol. The molecule has 1 heterocycles. The summed E-state index contributed by atoms with van der Waals surface area (Å²) in [6.45, 7) is 9.36. The standard InChI is InChI=1S/C31H37NO6/c1-15-13-30-16(2)11-21-24(29(21,4)5)20(26(30)35)12-18(14-33)25(34)31(30,37)27(15)38-28(36)23-17(3)32(6)22-10-8-7-9-19(22)23/h7-10,12-13,16,20-21,24-25,27,33-34,37H,11,14H2,1-6H3/t16?,20-,21+,24-,25+,27-,30?,31-/m0/s1. The van der Waals surface area contributed by atoms with Crippen molar-refractivity contribution in [2.45, 2.75) is 58.8 Å². The van der Waals surface area contributed by atoms with Gasteiger partial charge in [0.15, 0.2) is 17.5 Å². The molecular formula is C31H37NO6. The van der Waals surface area contributed by atoms with E-state index in [2.05, 4.69) is 13.8 Å². The van der Waals surface area contributed by atoms with Gasteiger partial charge in [-0.15, -0.1) is 0 Å². The number of hydrogen-bond donors (Lipinski definition) is 3. The van der Waals surface area contributed by atoms with Crippen LogP contribution in [0.4, 0.5) is 0 Å². The van der Waals surface area contributed by atoms with Gasteiger partial charge in [-0.1, -0.05) is 51.1 Å². The third-order valence-electron chi connectivity index (χ3n) is 10.7. The molecule has 6 rings (SSSR count). The van der Waals surface area contributed by atoms with Crippen molar-refractivity contribution in [1.82, 2.24) is 4.57 Å². The maximum atomic E-state index is 14.5. The molecule has 1 aromatic heterocycles. The third-order valence-corrected chi connectivity index (χ3v) is 10.7. The maximum absolute atomic E-state index is 14.5. The number of carbonyl (C=O) groups is 2. The van der Waals surface area contributed by atoms with E-state index in [1.807, 2.05) is 49.7 Å². The molecule has 2 fully saturated rings. The van der Waals surface area contributed by atoms with Gasteiger partial charge in [0, 0.05) is 29.6 Å². The van der Waals surface area contributed by atoms with Crippen molar-refractivity contribution in [1.29, 1.82) is 0 Å². The fourth-order valence-electron chi connectivity index (χ4n) is 8.54. The number of aryl methyl sites for hydroxylation is 1. The van der Waals surface area contributed by atoms with Gasteiger partial charge < -0.3 is 24.6 Å². The Morgan fingerprint density at radius 1 is 1.21 bits per heavy atom. The molecule has 0 radical (unpaired) electrons. The third kappa shape index (κ3) is 2.85. The molecule has 8 atom stereocenters. The highest BCUT2D eigenvalue weighted by atomic mass is 16.6. The van der Waals surface area contributed by atoms with Crippen LogP contribution in [0.3, 0.4) is 0 Å². The molecule has 7 heteroatoms. The number of rotatable bonds is 3. The van der Waals surface area contributed by atoms with Crippen LogP contribution in [-0.2, 0) is 16.6 Å². The minimum Gasteiger partial charge on any atom is -0.451 e. The average molecular weight is 520 g/mol. The van der Waals surface area contributed by atoms with Gasteiger partial charge in [0.25, 0.3) is 0 Å². The van der Waals surface area contributed by atoms with Gasteiger partial charge in [0.1, 0.15) is 6.10 Å². The summed E-state index contributed by atoms with van der Waals surface area (Å²) < 4.78 is 8.03. The summed E-state index contributed by atoms with van der Waals surface area (Å²) in [5, 5.41) is 35.4. The van der Waals surface area contributed by atoms with E-state index in [1.165, 1.54) is 0 Å². The van der Waals surface area contributed by atoms with Crippen LogP contribution < -0.4 is 0 Å². The summed E-state index contributed by atoms with van der Waals surface area (Å²) in [5.74, 6) is -1.27. The fourth-order valence-corrected chi connectivity index (χ4v) is 8.54. The van der Waals surface area contributed by atoms with E-state index in [-0.39, 0.29) is 34.5 Å². The molecule has 4 aliphatic rings. The van der Waals surface area contributed by atoms with Crippen LogP contribution >= 0.6 is 0 Å². The van der Waals surface area contributed by atoms with Gasteiger partial charge in [-0.25, -0.2) is 4.79 Å². The second kappa shape index (κ2) is 7.90. The van der Waals surface area contributed by atoms with Crippen molar-refractivity contribution in [3.63, 3.8) is 0 Å². The van der Waals surface area contributed by atoms with Crippen LogP contribution in [0.1, 0.15) is 50.2 Å². The number of para-hydroxylation sites is 1. The molecule has 202 valence electrons. The number of fused-ring (bicyclic) bond motifs is 4. The van der Waals surface area contributed by atoms with Crippen LogP contribution in [-0.4, -0.2) is 56.1 Å². The minimum absolute atomic E-state index is 0.0458. The highest BCUT2D eigenvalue weighted by molar-refractivity contribution is 6.06. The van der Waals surface area contributed by atoms with Crippen molar-refractivity contribution >= 4 is 22.7 Å². The maximum Gasteiger partial charge on any atom is 0.341 e. The van der Waals surface area contributed by atoms with E-state index >= 15 is 0 Å². The quantitative estimate of drug-likeness (QED) is 0.423. The molecule has 2 aromatic rings. The number of nitrogens with zero attached hydrogens (tertiary/aromatic N) is 1. The summed E-state index contributed by atoms with van der Waals surface area (Å²) in [6, 6.07) is 7.54. The van der Waals surface area contributed by atoms with Crippen molar-refractivity contribution in [2.24, 2.45) is 41.5 Å². The molecule has 38 heavy (non-hydrogen) atoms. The van der Waals surface area contributed by atoms with Gasteiger partial charge in [-0.05, 0) is 60.6 Å². The fraction of sp³-hybridized carbons (Fsp3) is 0.548. The zero-order chi connectivity index (χ0) is 27.5. The number of ketones is 1. The Kier molecular flexibility index (Phi) is 5.31. The lowest BCUT2D eigenvalue weighted by atomic mass is 9.59. The molecule has 0 aliphatic heterocycles. The van der Waals surface area contributed by atoms with Crippen LogP contribution in [0.2, 0.25) is 0 Å². The number of hydrogen-bond acceptors (Lipinski definition) is 6. The van der Waals surface area contributed by atoms with Gasteiger partial charge in [0.2, 0.25) is 0 Å². The Morgan fingerprint density at radius 3 is 2.58 bits per heavy atom. The van der Waals surface area contributed by atoms with Crippen molar-refractivity contribution in [2.75, 3.05) is 6.61 Å². The summed E-state index contributed by atoms with van der Waals surface area (Å²) in [4.78, 5) is 28.3. The van der Waals surface area contributed by atoms with Crippen LogP contribution in [0.5, 0.6) is 0 Å². The number of allylic oxidation sites excluding steroid dienone is 1. The van der Waals surface area contributed by atoms with E-state index < -0.39 is 41.7 Å². The molecule has 2 saturated carbocycles. The number of Topliss-reactive ketones (excluding diaryl/α,β-unsaturated/α-hetero) is 1. The van der Waals surface area contributed by atoms with Gasteiger partial charge in [-0.2, -0.15) is 0 Å². The predicted octanol–water partition coefficient (Wildman–Crippen LogP) is 3.48. The van der Waals surface area contributed by atoms with Gasteiger partial charge >= 0.3 is 5.97 Å². The average Bonchev–Trinajstić information content (AvgIpc) is 3.24. The summed E-state index contributed by atoms with van der Waals surface area (Å²) in [5.41, 5.74) is -0.917. The number of benzene rings is 1. The first-order valence-electron chi connectivity index (χ1n) is 13.5. The zero-order valence-corrected chi connectivity index (χ0v) is 22.9. The monoisotopic (exact) mass is 519 g/mol. The van der Waals surface area contributed by atoms with Crippen LogP contribution in [0.25, 0.3) is 10.9 Å². The number of aromatic nitrogens is 1. The first-order chi connectivity index (χ1) is 17.8.